The van der Waals surface area contributed by atoms with E-state index in [2.05, 4.69) is 13.8 Å². The van der Waals surface area contributed by atoms with Crippen LogP contribution in [0.5, 0.6) is 0 Å². The van der Waals surface area contributed by atoms with Gasteiger partial charge in [0.1, 0.15) is 0 Å². The Morgan fingerprint density at radius 3 is 1.50 bits per heavy atom. The highest BCUT2D eigenvalue weighted by Crippen LogP contribution is 2.14. The second kappa shape index (κ2) is 24.4. The zero-order valence-electron chi connectivity index (χ0n) is 17.6. The molecule has 4 heteroatoms. The van der Waals surface area contributed by atoms with Crippen LogP contribution in [0.15, 0.2) is 0 Å². The van der Waals surface area contributed by atoms with Gasteiger partial charge in [0.15, 0.2) is 0 Å². The van der Waals surface area contributed by atoms with Crippen molar-refractivity contribution < 1.29 is 20.1 Å². The first kappa shape index (κ1) is 27.6. The zero-order valence-corrected chi connectivity index (χ0v) is 17.6. The first-order chi connectivity index (χ1) is 12.6. The summed E-state index contributed by atoms with van der Waals surface area (Å²) >= 11 is 0. The number of unbranched alkanes of at least 4 members (excludes halogenated alkanes) is 11. The van der Waals surface area contributed by atoms with Gasteiger partial charge in [0.2, 0.25) is 0 Å². The monoisotopic (exact) mass is 374 g/mol. The minimum absolute atomic E-state index is 0.0853. The van der Waals surface area contributed by atoms with Crippen LogP contribution >= 0.6 is 0 Å². The fourth-order valence-electron chi connectivity index (χ4n) is 2.83. The summed E-state index contributed by atoms with van der Waals surface area (Å²) in [7, 11) is 0. The fraction of sp³-hybridized carbons (Fsp3) is 0.955. The molecule has 0 aromatic carbocycles. The van der Waals surface area contributed by atoms with E-state index in [0.717, 1.165) is 51.4 Å². The quantitative estimate of drug-likeness (QED) is 0.254. The highest BCUT2D eigenvalue weighted by molar-refractivity contribution is 5.66. The molecule has 0 radical (unpaired) electrons. The van der Waals surface area contributed by atoms with Gasteiger partial charge in [-0.05, 0) is 25.7 Å². The molecule has 0 saturated carbocycles. The molecule has 158 valence electrons. The van der Waals surface area contributed by atoms with Crippen molar-refractivity contribution in [2.24, 2.45) is 0 Å². The lowest BCUT2D eigenvalue weighted by Crippen LogP contribution is -2.05. The predicted octanol–water partition coefficient (Wildman–Crippen LogP) is 6.08. The number of aliphatic hydroxyl groups excluding tert-OH is 2. The molecule has 0 fully saturated rings. The Balaban J connectivity index is 0. The molecular weight excluding hydrogens is 328 g/mol. The van der Waals surface area contributed by atoms with E-state index in [1.165, 1.54) is 51.4 Å². The molecule has 0 spiro atoms. The van der Waals surface area contributed by atoms with E-state index in [4.69, 9.17) is 10.2 Å². The van der Waals surface area contributed by atoms with Crippen LogP contribution in [0.3, 0.4) is 0 Å². The molecule has 4 nitrogen and oxygen atoms in total. The van der Waals surface area contributed by atoms with Gasteiger partial charge in [-0.15, -0.1) is 0 Å². The van der Waals surface area contributed by atoms with Crippen molar-refractivity contribution in [3.8, 4) is 0 Å². The Kier molecular flexibility index (Phi) is 25.9. The molecular formula is C22H46O4. The Morgan fingerprint density at radius 1 is 0.692 bits per heavy atom. The Hall–Kier alpha value is -0.610. The number of carboxylic acids is 1. The lowest BCUT2D eigenvalue weighted by molar-refractivity contribution is -0.137. The number of carboxylic acid groups (broad SMARTS) is 1. The fourth-order valence-corrected chi connectivity index (χ4v) is 2.83. The largest absolute Gasteiger partial charge is 0.481 e. The molecule has 0 aromatic rings. The average Bonchev–Trinajstić information content (AvgIpc) is 2.61. The first-order valence-corrected chi connectivity index (χ1v) is 11.1. The molecule has 0 amide bonds. The van der Waals surface area contributed by atoms with Crippen LogP contribution in [-0.2, 0) is 4.79 Å². The molecule has 0 rings (SSSR count). The maximum absolute atomic E-state index is 10.3. The highest BCUT2D eigenvalue weighted by atomic mass is 16.4. The Labute approximate surface area is 162 Å². The van der Waals surface area contributed by atoms with Gasteiger partial charge >= 0.3 is 5.97 Å². The van der Waals surface area contributed by atoms with E-state index in [-0.39, 0.29) is 6.10 Å². The van der Waals surface area contributed by atoms with Gasteiger partial charge in [0.05, 0.1) is 6.10 Å². The van der Waals surface area contributed by atoms with Gasteiger partial charge in [0, 0.05) is 13.0 Å². The summed E-state index contributed by atoms with van der Waals surface area (Å²) in [5.74, 6) is -0.678. The summed E-state index contributed by atoms with van der Waals surface area (Å²) in [6.45, 7) is 4.61. The molecule has 1 atom stereocenters. The van der Waals surface area contributed by atoms with E-state index in [9.17, 15) is 9.90 Å². The molecule has 1 unspecified atom stereocenters. The van der Waals surface area contributed by atoms with Crippen LogP contribution in [0.25, 0.3) is 0 Å². The van der Waals surface area contributed by atoms with E-state index < -0.39 is 5.97 Å². The van der Waals surface area contributed by atoms with E-state index in [0.29, 0.717) is 13.0 Å². The minimum Gasteiger partial charge on any atom is -0.481 e. The molecule has 0 aliphatic heterocycles. The smallest absolute Gasteiger partial charge is 0.303 e. The predicted molar refractivity (Wildman–Crippen MR) is 111 cm³/mol. The van der Waals surface area contributed by atoms with Crippen LogP contribution in [0.2, 0.25) is 0 Å². The van der Waals surface area contributed by atoms with Crippen molar-refractivity contribution in [3.63, 3.8) is 0 Å². The third-order valence-corrected chi connectivity index (χ3v) is 4.58. The standard InChI is InChI=1S/C18H36O3.C4H10O/c1-2-3-4-11-14-17(19)15-12-9-7-5-6-8-10-13-16-18(20)21;1-2-3-4-5/h17,19H,2-16H2,1H3,(H,20,21);5H,2-4H2,1H3. The molecule has 26 heavy (non-hydrogen) atoms. The second-order valence-electron chi connectivity index (χ2n) is 7.34. The summed E-state index contributed by atoms with van der Waals surface area (Å²) < 4.78 is 0. The summed E-state index contributed by atoms with van der Waals surface area (Å²) in [5, 5.41) is 26.4. The number of hydrogen-bond acceptors (Lipinski definition) is 3. The second-order valence-corrected chi connectivity index (χ2v) is 7.34. The number of aliphatic hydroxyl groups is 2. The zero-order chi connectivity index (χ0) is 19.9. The summed E-state index contributed by atoms with van der Waals surface area (Å²) in [6.07, 6.45) is 18.3. The van der Waals surface area contributed by atoms with Crippen LogP contribution in [0, 0.1) is 0 Å². The van der Waals surface area contributed by atoms with Gasteiger partial charge in [-0.25, -0.2) is 0 Å². The molecule has 0 saturated heterocycles. The minimum atomic E-state index is -0.678. The van der Waals surface area contributed by atoms with Crippen LogP contribution in [0.1, 0.15) is 123 Å². The molecule has 0 aromatic heterocycles. The first-order valence-electron chi connectivity index (χ1n) is 11.1. The molecule has 0 bridgehead atoms. The van der Waals surface area contributed by atoms with Crippen LogP contribution in [0.4, 0.5) is 0 Å². The maximum atomic E-state index is 10.3. The molecule has 3 N–H and O–H groups in total. The third kappa shape index (κ3) is 28.2. The lowest BCUT2D eigenvalue weighted by Gasteiger charge is -2.10. The van der Waals surface area contributed by atoms with Crippen LogP contribution in [-0.4, -0.2) is 34.0 Å². The lowest BCUT2D eigenvalue weighted by atomic mass is 10.0. The van der Waals surface area contributed by atoms with Gasteiger partial charge in [-0.2, -0.15) is 0 Å². The summed E-state index contributed by atoms with van der Waals surface area (Å²) in [4.78, 5) is 10.3. The molecule has 0 aliphatic carbocycles. The van der Waals surface area contributed by atoms with E-state index >= 15 is 0 Å². The van der Waals surface area contributed by atoms with Crippen molar-refractivity contribution in [2.75, 3.05) is 6.61 Å². The van der Waals surface area contributed by atoms with Gasteiger partial charge in [-0.1, -0.05) is 90.9 Å². The summed E-state index contributed by atoms with van der Waals surface area (Å²) in [5.41, 5.74) is 0. The van der Waals surface area contributed by atoms with Crippen molar-refractivity contribution >= 4 is 5.97 Å². The topological polar surface area (TPSA) is 77.8 Å². The van der Waals surface area contributed by atoms with Gasteiger partial charge < -0.3 is 15.3 Å². The van der Waals surface area contributed by atoms with Gasteiger partial charge in [-0.3, -0.25) is 4.79 Å². The van der Waals surface area contributed by atoms with E-state index in [1.54, 1.807) is 0 Å². The number of aliphatic carboxylic acids is 1. The normalized spacial score (nSPS) is 11.7. The van der Waals surface area contributed by atoms with Crippen molar-refractivity contribution in [3.05, 3.63) is 0 Å². The summed E-state index contributed by atoms with van der Waals surface area (Å²) in [6, 6.07) is 0. The number of carbonyl (C=O) groups is 1. The number of hydrogen-bond donors (Lipinski definition) is 3. The molecule has 0 aliphatic rings. The van der Waals surface area contributed by atoms with Crippen LogP contribution < -0.4 is 0 Å². The number of rotatable bonds is 18. The molecule has 0 heterocycles. The van der Waals surface area contributed by atoms with Crippen molar-refractivity contribution in [2.45, 2.75) is 129 Å². The SMILES string of the molecule is CCCCCCC(O)CCCCCCCCCCC(=O)O.CCCCO. The van der Waals surface area contributed by atoms with E-state index in [1.807, 2.05) is 0 Å². The third-order valence-electron chi connectivity index (χ3n) is 4.58. The maximum Gasteiger partial charge on any atom is 0.303 e. The Morgan fingerprint density at radius 2 is 1.12 bits per heavy atom. The van der Waals surface area contributed by atoms with Gasteiger partial charge in [0.25, 0.3) is 0 Å². The van der Waals surface area contributed by atoms with Crippen molar-refractivity contribution in [1.29, 1.82) is 0 Å². The Bertz CT molecular complexity index is 267. The highest BCUT2D eigenvalue weighted by Gasteiger charge is 2.03. The average molecular weight is 375 g/mol. The van der Waals surface area contributed by atoms with Crippen molar-refractivity contribution in [1.82, 2.24) is 0 Å².